The molecule has 0 radical (unpaired) electrons. The molecule has 2 heterocycles. The second kappa shape index (κ2) is 6.92. The second-order valence-corrected chi connectivity index (χ2v) is 6.60. The van der Waals surface area contributed by atoms with Gasteiger partial charge in [-0.15, -0.1) is 0 Å². The number of nitrogens with zero attached hydrogens (tertiary/aromatic N) is 3. The molecule has 136 valence electrons. The van der Waals surface area contributed by atoms with Gasteiger partial charge in [0.2, 0.25) is 5.95 Å². The second-order valence-electron chi connectivity index (χ2n) is 6.60. The summed E-state index contributed by atoms with van der Waals surface area (Å²) in [7, 11) is 1.63. The average molecular weight is 354 g/mol. The number of Topliss-reactive ketones (excluding diaryl/α,β-unsaturated/α-hetero) is 1. The van der Waals surface area contributed by atoms with Crippen LogP contribution in [0.4, 0.5) is 5.95 Å². The van der Waals surface area contributed by atoms with Gasteiger partial charge in [0.15, 0.2) is 11.6 Å². The average Bonchev–Trinajstić information content (AvgIpc) is 3.07. The molecule has 4 rings (SSSR count). The molecule has 1 unspecified atom stereocenters. The number of fused-ring (bicyclic) bond motifs is 1. The summed E-state index contributed by atoms with van der Waals surface area (Å²) in [6.07, 6.45) is 3.45. The number of hydrogen-bond acceptors (Lipinski definition) is 6. The Morgan fingerprint density at radius 1 is 1.38 bits per heavy atom. The minimum absolute atomic E-state index is 0.101. The highest BCUT2D eigenvalue weighted by Gasteiger charge is 2.36. The fourth-order valence-electron chi connectivity index (χ4n) is 3.66. The monoisotopic (exact) mass is 354 g/mol. The molecule has 1 aromatic carbocycles. The molecule has 2 aromatic rings. The highest BCUT2D eigenvalue weighted by molar-refractivity contribution is 5.99. The van der Waals surface area contributed by atoms with E-state index in [-0.39, 0.29) is 18.4 Å². The number of nitrogens with one attached hydrogen (secondary N) is 1. The number of ether oxygens (including phenoxy) is 1. The van der Waals surface area contributed by atoms with Crippen LogP contribution in [0.25, 0.3) is 0 Å². The van der Waals surface area contributed by atoms with Crippen molar-refractivity contribution in [1.82, 2.24) is 14.8 Å². The van der Waals surface area contributed by atoms with Gasteiger partial charge >= 0.3 is 0 Å². The quantitative estimate of drug-likeness (QED) is 0.856. The number of allylic oxidation sites excluding steroid dienone is 2. The Morgan fingerprint density at radius 3 is 3.08 bits per heavy atom. The van der Waals surface area contributed by atoms with Crippen LogP contribution in [0, 0.1) is 0 Å². The van der Waals surface area contributed by atoms with E-state index in [1.54, 1.807) is 11.8 Å². The Kier molecular flexibility index (Phi) is 4.46. The van der Waals surface area contributed by atoms with Gasteiger partial charge in [0.25, 0.3) is 0 Å². The third-order valence-corrected chi connectivity index (χ3v) is 4.88. The Labute approximate surface area is 151 Å². The van der Waals surface area contributed by atoms with Crippen molar-refractivity contribution in [3.05, 3.63) is 46.9 Å². The number of carbonyl (C=O) groups excluding carboxylic acids is 1. The van der Waals surface area contributed by atoms with Gasteiger partial charge in [0.05, 0.1) is 7.11 Å². The summed E-state index contributed by atoms with van der Waals surface area (Å²) >= 11 is 0. The molecule has 0 spiro atoms. The van der Waals surface area contributed by atoms with E-state index in [0.29, 0.717) is 31.0 Å². The van der Waals surface area contributed by atoms with E-state index in [2.05, 4.69) is 15.4 Å². The molecular weight excluding hydrogens is 332 g/mol. The predicted molar refractivity (Wildman–Crippen MR) is 96.1 cm³/mol. The number of aryl methyl sites for hydroxylation is 1. The van der Waals surface area contributed by atoms with Crippen molar-refractivity contribution in [1.29, 1.82) is 0 Å². The minimum Gasteiger partial charge on any atom is -0.497 e. The molecular formula is C19H22N4O3. The fraction of sp³-hybridized carbons (Fsp3) is 0.421. The number of hydrogen-bond donors (Lipinski definition) is 2. The van der Waals surface area contributed by atoms with Gasteiger partial charge in [0.1, 0.15) is 11.8 Å². The van der Waals surface area contributed by atoms with Crippen LogP contribution in [0.15, 0.2) is 35.5 Å². The van der Waals surface area contributed by atoms with E-state index in [1.165, 1.54) is 0 Å². The number of carbonyl (C=O) groups is 1. The number of anilines is 1. The van der Waals surface area contributed by atoms with E-state index in [9.17, 15) is 4.79 Å². The molecule has 1 atom stereocenters. The lowest BCUT2D eigenvalue weighted by molar-refractivity contribution is -0.116. The van der Waals surface area contributed by atoms with Crippen molar-refractivity contribution in [2.24, 2.45) is 0 Å². The third-order valence-electron chi connectivity index (χ3n) is 4.88. The standard InChI is InChI=1S/C19H22N4O3/c1-26-13-6-2-5-12(11-13)18-17-14(7-3-8-15(17)25)20-19-21-16(9-4-10-24)22-23(18)19/h2,5-6,11,18,24H,3-4,7-10H2,1H3,(H,20,21,22). The summed E-state index contributed by atoms with van der Waals surface area (Å²) in [4.78, 5) is 17.3. The van der Waals surface area contributed by atoms with Crippen molar-refractivity contribution in [2.45, 2.75) is 38.1 Å². The lowest BCUT2D eigenvalue weighted by atomic mass is 9.85. The molecule has 0 fully saturated rings. The van der Waals surface area contributed by atoms with E-state index < -0.39 is 0 Å². The van der Waals surface area contributed by atoms with Crippen LogP contribution >= 0.6 is 0 Å². The highest BCUT2D eigenvalue weighted by Crippen LogP contribution is 2.40. The van der Waals surface area contributed by atoms with Gasteiger partial charge in [0, 0.05) is 30.7 Å². The van der Waals surface area contributed by atoms with Gasteiger partial charge in [-0.1, -0.05) is 12.1 Å². The van der Waals surface area contributed by atoms with Gasteiger partial charge in [-0.25, -0.2) is 4.68 Å². The van der Waals surface area contributed by atoms with E-state index >= 15 is 0 Å². The SMILES string of the molecule is COc1cccc(C2C3=C(CCCC3=O)Nc3nc(CCCO)nn32)c1. The number of aliphatic hydroxyl groups is 1. The van der Waals surface area contributed by atoms with Crippen molar-refractivity contribution in [2.75, 3.05) is 19.0 Å². The third kappa shape index (κ3) is 2.88. The van der Waals surface area contributed by atoms with Gasteiger partial charge in [-0.05, 0) is 37.0 Å². The Morgan fingerprint density at radius 2 is 2.27 bits per heavy atom. The molecule has 0 amide bonds. The van der Waals surface area contributed by atoms with Crippen LogP contribution < -0.4 is 10.1 Å². The van der Waals surface area contributed by atoms with Gasteiger partial charge in [-0.3, -0.25) is 4.79 Å². The lowest BCUT2D eigenvalue weighted by Crippen LogP contribution is -2.31. The van der Waals surface area contributed by atoms with Crippen LogP contribution in [-0.4, -0.2) is 39.4 Å². The molecule has 1 aliphatic carbocycles. The molecule has 26 heavy (non-hydrogen) atoms. The summed E-state index contributed by atoms with van der Waals surface area (Å²) in [6, 6.07) is 7.44. The van der Waals surface area contributed by atoms with E-state index in [4.69, 9.17) is 9.84 Å². The van der Waals surface area contributed by atoms with Crippen LogP contribution in [0.3, 0.4) is 0 Å². The Balaban J connectivity index is 1.83. The molecule has 2 aliphatic rings. The molecule has 0 saturated heterocycles. The summed E-state index contributed by atoms with van der Waals surface area (Å²) in [5.74, 6) is 2.22. The van der Waals surface area contributed by atoms with Crippen LogP contribution in [0.1, 0.15) is 43.1 Å². The first-order valence-electron chi connectivity index (χ1n) is 8.94. The summed E-state index contributed by atoms with van der Waals surface area (Å²) in [5, 5.41) is 17.0. The summed E-state index contributed by atoms with van der Waals surface area (Å²) < 4.78 is 7.16. The zero-order valence-corrected chi connectivity index (χ0v) is 14.7. The van der Waals surface area contributed by atoms with E-state index in [1.807, 2.05) is 24.3 Å². The maximum atomic E-state index is 12.7. The van der Waals surface area contributed by atoms with Crippen LogP contribution in [0.5, 0.6) is 5.75 Å². The number of rotatable bonds is 5. The first-order chi connectivity index (χ1) is 12.7. The first kappa shape index (κ1) is 16.8. The van der Waals surface area contributed by atoms with Gasteiger partial charge in [-0.2, -0.15) is 10.1 Å². The fourth-order valence-corrected chi connectivity index (χ4v) is 3.66. The zero-order chi connectivity index (χ0) is 18.1. The number of methoxy groups -OCH3 is 1. The van der Waals surface area contributed by atoms with Crippen molar-refractivity contribution >= 4 is 11.7 Å². The predicted octanol–water partition coefficient (Wildman–Crippen LogP) is 2.23. The molecule has 1 aromatic heterocycles. The summed E-state index contributed by atoms with van der Waals surface area (Å²) in [6.45, 7) is 0.101. The number of aliphatic hydroxyl groups excluding tert-OH is 1. The number of aromatic nitrogens is 3. The molecule has 2 N–H and O–H groups in total. The lowest BCUT2D eigenvalue weighted by Gasteiger charge is -2.32. The largest absolute Gasteiger partial charge is 0.497 e. The Hall–Kier alpha value is -2.67. The normalized spacial score (nSPS) is 19.0. The first-order valence-corrected chi connectivity index (χ1v) is 8.94. The molecule has 1 aliphatic heterocycles. The molecule has 0 saturated carbocycles. The van der Waals surface area contributed by atoms with Gasteiger partial charge < -0.3 is 15.2 Å². The maximum absolute atomic E-state index is 12.7. The Bertz CT molecular complexity index is 871. The van der Waals surface area contributed by atoms with Crippen molar-refractivity contribution in [3.8, 4) is 5.75 Å². The van der Waals surface area contributed by atoms with E-state index in [0.717, 1.165) is 35.4 Å². The van der Waals surface area contributed by atoms with Crippen LogP contribution in [0.2, 0.25) is 0 Å². The topological polar surface area (TPSA) is 89.3 Å². The highest BCUT2D eigenvalue weighted by atomic mass is 16.5. The smallest absolute Gasteiger partial charge is 0.226 e. The minimum atomic E-state index is -0.306. The van der Waals surface area contributed by atoms with Crippen molar-refractivity contribution in [3.63, 3.8) is 0 Å². The number of benzene rings is 1. The molecule has 7 heteroatoms. The summed E-state index contributed by atoms with van der Waals surface area (Å²) in [5.41, 5.74) is 2.67. The maximum Gasteiger partial charge on any atom is 0.226 e. The molecule has 0 bridgehead atoms. The zero-order valence-electron chi connectivity index (χ0n) is 14.7. The molecule has 7 nitrogen and oxygen atoms in total. The van der Waals surface area contributed by atoms with Crippen LogP contribution in [-0.2, 0) is 11.2 Å². The van der Waals surface area contributed by atoms with Crippen molar-refractivity contribution < 1.29 is 14.6 Å². The number of ketones is 1.